The van der Waals surface area contributed by atoms with Crippen LogP contribution in [0.2, 0.25) is 0 Å². The average molecular weight is 223 g/mol. The van der Waals surface area contributed by atoms with Crippen molar-refractivity contribution in [1.82, 2.24) is 0 Å². The van der Waals surface area contributed by atoms with Gasteiger partial charge in [0.1, 0.15) is 18.8 Å². The summed E-state index contributed by atoms with van der Waals surface area (Å²) in [4.78, 5) is 0. The van der Waals surface area contributed by atoms with Gasteiger partial charge in [0.2, 0.25) is 0 Å². The number of hydrogen-bond acceptors (Lipinski definition) is 5. The van der Waals surface area contributed by atoms with Crippen molar-refractivity contribution in [3.63, 3.8) is 0 Å². The van der Waals surface area contributed by atoms with E-state index in [1.54, 1.807) is 6.92 Å². The lowest BCUT2D eigenvalue weighted by atomic mass is 10.1. The van der Waals surface area contributed by atoms with E-state index in [4.69, 9.17) is 18.9 Å². The minimum absolute atomic E-state index is 0.0298. The maximum Gasteiger partial charge on any atom is 0.697 e. The van der Waals surface area contributed by atoms with E-state index in [1.165, 1.54) is 0 Å². The molecule has 0 aromatic rings. The van der Waals surface area contributed by atoms with Crippen LogP contribution < -0.4 is 0 Å². The van der Waals surface area contributed by atoms with Gasteiger partial charge in [0.15, 0.2) is 0 Å². The molecule has 1 fully saturated rings. The highest BCUT2D eigenvalue weighted by Crippen LogP contribution is 2.33. The van der Waals surface area contributed by atoms with Crippen LogP contribution in [0.4, 0.5) is 0 Å². The number of ether oxygens (including phenoxy) is 1. The van der Waals surface area contributed by atoms with E-state index >= 15 is 0 Å². The first-order valence-electron chi connectivity index (χ1n) is 4.70. The monoisotopic (exact) mass is 223 g/mol. The van der Waals surface area contributed by atoms with Gasteiger partial charge >= 0.3 is 8.25 Å². The van der Waals surface area contributed by atoms with Crippen molar-refractivity contribution in [2.24, 2.45) is 0 Å². The Bertz CT molecular complexity index is 198. The summed E-state index contributed by atoms with van der Waals surface area (Å²) in [7, 11) is -2.08. The predicted molar refractivity (Wildman–Crippen MR) is 50.1 cm³/mol. The molecule has 5 nitrogen and oxygen atoms in total. The van der Waals surface area contributed by atoms with Gasteiger partial charge in [-0.1, -0.05) is 0 Å². The van der Waals surface area contributed by atoms with Crippen LogP contribution in [0.25, 0.3) is 0 Å². The molecule has 0 saturated carbocycles. The molecule has 1 saturated heterocycles. The Balaban J connectivity index is 2.39. The molecule has 0 amide bonds. The van der Waals surface area contributed by atoms with Crippen molar-refractivity contribution in [2.45, 2.75) is 38.6 Å². The molecule has 1 aliphatic rings. The van der Waals surface area contributed by atoms with E-state index in [2.05, 4.69) is 0 Å². The predicted octanol–water partition coefficient (Wildman–Crippen LogP) is 1.24. The van der Waals surface area contributed by atoms with E-state index in [9.17, 15) is 4.57 Å². The number of aliphatic hydroxyl groups is 1. The van der Waals surface area contributed by atoms with Crippen LogP contribution in [0.1, 0.15) is 20.3 Å². The molecule has 1 aliphatic heterocycles. The highest BCUT2D eigenvalue weighted by atomic mass is 31.1. The van der Waals surface area contributed by atoms with Crippen LogP contribution >= 0.6 is 8.25 Å². The highest BCUT2D eigenvalue weighted by molar-refractivity contribution is 7.33. The largest absolute Gasteiger partial charge is 0.697 e. The topological polar surface area (TPSA) is 65.0 Å². The number of rotatable bonds is 5. The molecule has 1 rings (SSSR count). The first-order chi connectivity index (χ1) is 6.67. The van der Waals surface area contributed by atoms with Gasteiger partial charge in [0.25, 0.3) is 0 Å². The molecule has 6 heteroatoms. The second-order valence-electron chi connectivity index (χ2n) is 3.19. The molecule has 1 unspecified atom stereocenters. The molecule has 4 atom stereocenters. The van der Waals surface area contributed by atoms with Crippen LogP contribution in [-0.4, -0.2) is 36.6 Å². The van der Waals surface area contributed by atoms with Gasteiger partial charge in [-0.15, -0.1) is 9.05 Å². The van der Waals surface area contributed by atoms with Gasteiger partial charge in [0.05, 0.1) is 12.7 Å². The number of aliphatic hydroxyl groups excluding tert-OH is 1. The third-order valence-corrected chi connectivity index (χ3v) is 2.93. The normalized spacial score (nSPS) is 33.4. The summed E-state index contributed by atoms with van der Waals surface area (Å²) < 4.78 is 26.4. The molecular formula is C8H16O5P+. The van der Waals surface area contributed by atoms with Crippen molar-refractivity contribution in [3.8, 4) is 0 Å². The summed E-state index contributed by atoms with van der Waals surface area (Å²) in [6.45, 7) is 3.86. The van der Waals surface area contributed by atoms with Crippen LogP contribution in [-0.2, 0) is 18.3 Å². The fourth-order valence-electron chi connectivity index (χ4n) is 1.44. The van der Waals surface area contributed by atoms with E-state index in [0.29, 0.717) is 13.0 Å². The zero-order valence-corrected chi connectivity index (χ0v) is 9.28. The smallest absolute Gasteiger partial charge is 0.394 e. The molecule has 1 N–H and O–H groups in total. The Morgan fingerprint density at radius 1 is 1.64 bits per heavy atom. The molecular weight excluding hydrogens is 207 g/mol. The van der Waals surface area contributed by atoms with Crippen molar-refractivity contribution >= 4 is 8.25 Å². The fourth-order valence-corrected chi connectivity index (χ4v) is 2.15. The van der Waals surface area contributed by atoms with Crippen LogP contribution in [0.3, 0.4) is 0 Å². The quantitative estimate of drug-likeness (QED) is 0.710. The SMILES string of the molecule is CCO[P+](=O)O[C@@H]1C[C@H](C)O[C@@H]1CO. The van der Waals surface area contributed by atoms with Gasteiger partial charge in [-0.3, -0.25) is 0 Å². The maximum atomic E-state index is 11.1. The third-order valence-electron chi connectivity index (χ3n) is 2.02. The summed E-state index contributed by atoms with van der Waals surface area (Å²) in [5, 5.41) is 8.96. The molecule has 0 spiro atoms. The molecule has 1 heterocycles. The van der Waals surface area contributed by atoms with Crippen molar-refractivity contribution in [3.05, 3.63) is 0 Å². The minimum atomic E-state index is -2.08. The molecule has 0 bridgehead atoms. The molecule has 0 aromatic carbocycles. The molecule has 82 valence electrons. The standard InChI is InChI=1S/C8H16O5P/c1-3-11-14(10)13-7-4-6(2)12-8(7)5-9/h6-9H,3-5H2,1-2H3/q+1/t6-,7+,8+/m0/s1. The van der Waals surface area contributed by atoms with Gasteiger partial charge < -0.3 is 9.84 Å². The summed E-state index contributed by atoms with van der Waals surface area (Å²) in [5.41, 5.74) is 0. The molecule has 14 heavy (non-hydrogen) atoms. The maximum absolute atomic E-state index is 11.1. The second-order valence-corrected chi connectivity index (χ2v) is 4.10. The summed E-state index contributed by atoms with van der Waals surface area (Å²) in [5.74, 6) is 0. The minimum Gasteiger partial charge on any atom is -0.394 e. The average Bonchev–Trinajstić information content (AvgIpc) is 2.46. The first-order valence-corrected chi connectivity index (χ1v) is 5.80. The van der Waals surface area contributed by atoms with Crippen LogP contribution in [0.5, 0.6) is 0 Å². The lowest BCUT2D eigenvalue weighted by Gasteiger charge is -2.09. The zero-order chi connectivity index (χ0) is 10.6. The Morgan fingerprint density at radius 2 is 2.36 bits per heavy atom. The van der Waals surface area contributed by atoms with Crippen LogP contribution in [0.15, 0.2) is 0 Å². The van der Waals surface area contributed by atoms with Gasteiger partial charge in [0, 0.05) is 11.0 Å². The van der Waals surface area contributed by atoms with E-state index in [-0.39, 0.29) is 24.9 Å². The summed E-state index contributed by atoms with van der Waals surface area (Å²) in [6.07, 6.45) is -0.0453. The Hall–Kier alpha value is -0.0600. The Morgan fingerprint density at radius 3 is 2.93 bits per heavy atom. The molecule has 0 aliphatic carbocycles. The van der Waals surface area contributed by atoms with Crippen molar-refractivity contribution in [2.75, 3.05) is 13.2 Å². The summed E-state index contributed by atoms with van der Waals surface area (Å²) >= 11 is 0. The van der Waals surface area contributed by atoms with Crippen molar-refractivity contribution in [1.29, 1.82) is 0 Å². The lowest BCUT2D eigenvalue weighted by Crippen LogP contribution is -2.26. The molecule has 0 radical (unpaired) electrons. The van der Waals surface area contributed by atoms with Crippen molar-refractivity contribution < 1.29 is 23.5 Å². The second kappa shape index (κ2) is 5.73. The van der Waals surface area contributed by atoms with Gasteiger partial charge in [-0.2, -0.15) is 0 Å². The number of hydrogen-bond donors (Lipinski definition) is 1. The fraction of sp³-hybridized carbons (Fsp3) is 1.00. The zero-order valence-electron chi connectivity index (χ0n) is 8.38. The van der Waals surface area contributed by atoms with E-state index in [1.807, 2.05) is 6.92 Å². The van der Waals surface area contributed by atoms with E-state index < -0.39 is 8.25 Å². The first kappa shape index (κ1) is 12.0. The highest BCUT2D eigenvalue weighted by Gasteiger charge is 2.40. The summed E-state index contributed by atoms with van der Waals surface area (Å²) in [6, 6.07) is 0. The van der Waals surface area contributed by atoms with E-state index in [0.717, 1.165) is 0 Å². The Kier molecular flexibility index (Phi) is 4.92. The molecule has 0 aromatic heterocycles. The van der Waals surface area contributed by atoms with Gasteiger partial charge in [-0.05, 0) is 13.8 Å². The Labute approximate surface area is 84.3 Å². The van der Waals surface area contributed by atoms with Crippen LogP contribution in [0, 0.1) is 0 Å². The van der Waals surface area contributed by atoms with Gasteiger partial charge in [-0.25, -0.2) is 0 Å². The third kappa shape index (κ3) is 3.26. The lowest BCUT2D eigenvalue weighted by molar-refractivity contribution is -0.0122.